The number of rotatable bonds is 15. The Bertz CT molecular complexity index is 338. The van der Waals surface area contributed by atoms with Crippen LogP contribution in [0.15, 0.2) is 0 Å². The number of ether oxygens (including phenoxy) is 1. The van der Waals surface area contributed by atoms with Gasteiger partial charge < -0.3 is 21.6 Å². The lowest BCUT2D eigenvalue weighted by Gasteiger charge is -2.33. The highest BCUT2D eigenvalue weighted by atomic mass is 35.5. The van der Waals surface area contributed by atoms with Crippen LogP contribution >= 0.6 is 0 Å². The average Bonchev–Trinajstić information content (AvgIpc) is 2.93. The first-order valence-corrected chi connectivity index (χ1v) is 10.2. The van der Waals surface area contributed by atoms with Crippen LogP contribution in [0.4, 0.5) is 0 Å². The minimum atomic E-state index is 0. The second-order valence-electron chi connectivity index (χ2n) is 8.00. The Morgan fingerprint density at radius 1 is 0.960 bits per heavy atom. The highest BCUT2D eigenvalue weighted by Gasteiger charge is 2.26. The Kier molecular flexibility index (Phi) is 14.6. The highest BCUT2D eigenvalue weighted by molar-refractivity contribution is 5.77. The number of carbonyl (C=O) groups is 1. The van der Waals surface area contributed by atoms with Gasteiger partial charge in [0.2, 0.25) is 5.91 Å². The van der Waals surface area contributed by atoms with Gasteiger partial charge in [-0.3, -0.25) is 9.69 Å². The molecule has 0 atom stereocenters. The molecule has 0 saturated carbocycles. The lowest BCUT2D eigenvalue weighted by atomic mass is 10.1. The second-order valence-corrected chi connectivity index (χ2v) is 8.00. The van der Waals surface area contributed by atoms with E-state index in [0.717, 1.165) is 56.7 Å². The number of quaternary nitrogens is 1. The van der Waals surface area contributed by atoms with Gasteiger partial charge in [0.1, 0.15) is 0 Å². The van der Waals surface area contributed by atoms with Gasteiger partial charge in [-0.1, -0.05) is 51.9 Å². The van der Waals surface area contributed by atoms with Crippen LogP contribution in [-0.2, 0) is 9.53 Å². The third-order valence-corrected chi connectivity index (χ3v) is 4.92. The van der Waals surface area contributed by atoms with Gasteiger partial charge in [-0.2, -0.15) is 0 Å². The number of amides is 1. The van der Waals surface area contributed by atoms with Crippen molar-refractivity contribution in [3.8, 4) is 0 Å². The number of hydrogen-bond donors (Lipinski definition) is 0. The maximum atomic E-state index is 11.7. The van der Waals surface area contributed by atoms with Crippen LogP contribution in [0, 0.1) is 0 Å². The van der Waals surface area contributed by atoms with E-state index in [1.54, 1.807) is 0 Å². The molecule has 1 heterocycles. The molecule has 0 spiro atoms. The molecule has 1 rings (SSSR count). The summed E-state index contributed by atoms with van der Waals surface area (Å²) >= 11 is 0. The molecule has 1 saturated heterocycles. The number of unbranched alkanes of at least 4 members (excludes halogenated alkanes) is 7. The van der Waals surface area contributed by atoms with Crippen molar-refractivity contribution in [2.75, 3.05) is 47.1 Å². The highest BCUT2D eigenvalue weighted by Crippen LogP contribution is 2.13. The fourth-order valence-electron chi connectivity index (χ4n) is 3.42. The standard InChI is InChI=1S/C20H41N2O2.ClH/c1-4-5-6-7-8-9-10-11-17-24-18-13-16-22(2,3)19-21-15-12-14-20(21)23;/h4-19H2,1-3H3;1H/q+1;/p-1. The van der Waals surface area contributed by atoms with E-state index in [1.807, 2.05) is 4.90 Å². The summed E-state index contributed by atoms with van der Waals surface area (Å²) in [6.07, 6.45) is 13.6. The molecule has 0 radical (unpaired) electrons. The number of likely N-dealkylation sites (tertiary alicyclic amines) is 1. The van der Waals surface area contributed by atoms with Crippen LogP contribution in [0.1, 0.15) is 77.6 Å². The summed E-state index contributed by atoms with van der Waals surface area (Å²) < 4.78 is 6.66. The van der Waals surface area contributed by atoms with Gasteiger partial charge in [0.05, 0.1) is 27.2 Å². The van der Waals surface area contributed by atoms with Crippen LogP contribution < -0.4 is 12.4 Å². The summed E-state index contributed by atoms with van der Waals surface area (Å²) in [4.78, 5) is 13.7. The lowest BCUT2D eigenvalue weighted by molar-refractivity contribution is -0.899. The van der Waals surface area contributed by atoms with E-state index >= 15 is 0 Å². The fourth-order valence-corrected chi connectivity index (χ4v) is 3.42. The predicted octanol–water partition coefficient (Wildman–Crippen LogP) is 1.19. The molecule has 0 N–H and O–H groups in total. The van der Waals surface area contributed by atoms with E-state index in [-0.39, 0.29) is 12.4 Å². The minimum absolute atomic E-state index is 0. The molecule has 1 aliphatic rings. The first-order valence-electron chi connectivity index (χ1n) is 10.2. The maximum Gasteiger partial charge on any atom is 0.226 e. The van der Waals surface area contributed by atoms with Gasteiger partial charge in [-0.15, -0.1) is 0 Å². The fraction of sp³-hybridized carbons (Fsp3) is 0.950. The Morgan fingerprint density at radius 2 is 1.56 bits per heavy atom. The summed E-state index contributed by atoms with van der Waals surface area (Å²) in [5.41, 5.74) is 0. The third kappa shape index (κ3) is 12.6. The second kappa shape index (κ2) is 14.8. The van der Waals surface area contributed by atoms with Gasteiger partial charge in [0.15, 0.2) is 6.67 Å². The van der Waals surface area contributed by atoms with Crippen molar-refractivity contribution in [2.45, 2.75) is 77.6 Å². The third-order valence-electron chi connectivity index (χ3n) is 4.92. The van der Waals surface area contributed by atoms with Gasteiger partial charge >= 0.3 is 0 Å². The molecule has 0 aromatic rings. The molecular weight excluding hydrogens is 336 g/mol. The average molecular weight is 377 g/mol. The van der Waals surface area contributed by atoms with Gasteiger partial charge in [-0.05, 0) is 12.8 Å². The molecule has 0 aromatic carbocycles. The summed E-state index contributed by atoms with van der Waals surface area (Å²) in [6, 6.07) is 0. The minimum Gasteiger partial charge on any atom is -1.00 e. The SMILES string of the molecule is CCCCCCCCCCOCCC[N+](C)(C)CN1CCCC1=O.[Cl-]. The zero-order chi connectivity index (χ0) is 17.7. The molecular formula is C20H41ClN2O2. The monoisotopic (exact) mass is 376 g/mol. The first kappa shape index (κ1) is 24.7. The summed E-state index contributed by atoms with van der Waals surface area (Å²) in [5, 5.41) is 0. The van der Waals surface area contributed by atoms with E-state index in [2.05, 4.69) is 21.0 Å². The zero-order valence-electron chi connectivity index (χ0n) is 16.9. The van der Waals surface area contributed by atoms with Gasteiger partial charge in [0.25, 0.3) is 0 Å². The van der Waals surface area contributed by atoms with Gasteiger partial charge in [-0.25, -0.2) is 0 Å². The number of nitrogens with zero attached hydrogens (tertiary/aromatic N) is 2. The molecule has 1 fully saturated rings. The Labute approximate surface area is 162 Å². The molecule has 0 aliphatic carbocycles. The van der Waals surface area contributed by atoms with Crippen molar-refractivity contribution >= 4 is 5.91 Å². The van der Waals surface area contributed by atoms with Crippen LogP contribution in [0.5, 0.6) is 0 Å². The Balaban J connectivity index is 0.00000576. The van der Waals surface area contributed by atoms with Gasteiger partial charge in [0, 0.05) is 26.0 Å². The van der Waals surface area contributed by atoms with Crippen LogP contribution in [0.3, 0.4) is 0 Å². The van der Waals surface area contributed by atoms with E-state index < -0.39 is 0 Å². The zero-order valence-corrected chi connectivity index (χ0v) is 17.7. The van der Waals surface area contributed by atoms with Crippen molar-refractivity contribution in [3.63, 3.8) is 0 Å². The van der Waals surface area contributed by atoms with E-state index in [9.17, 15) is 4.79 Å². The van der Waals surface area contributed by atoms with E-state index in [0.29, 0.717) is 5.91 Å². The van der Waals surface area contributed by atoms with Crippen molar-refractivity contribution in [1.82, 2.24) is 4.90 Å². The Hall–Kier alpha value is -0.320. The summed E-state index contributed by atoms with van der Waals surface area (Å²) in [6.45, 7) is 6.88. The molecule has 1 aliphatic heterocycles. The predicted molar refractivity (Wildman–Crippen MR) is 101 cm³/mol. The molecule has 0 aromatic heterocycles. The largest absolute Gasteiger partial charge is 1.00 e. The molecule has 150 valence electrons. The topological polar surface area (TPSA) is 29.5 Å². The molecule has 5 heteroatoms. The maximum absolute atomic E-state index is 11.7. The molecule has 4 nitrogen and oxygen atoms in total. The number of carbonyl (C=O) groups excluding carboxylic acids is 1. The lowest BCUT2D eigenvalue weighted by Crippen LogP contribution is -3.00. The quantitative estimate of drug-likeness (QED) is 0.317. The molecule has 0 unspecified atom stereocenters. The first-order chi connectivity index (χ1) is 11.5. The summed E-state index contributed by atoms with van der Waals surface area (Å²) in [7, 11) is 4.42. The van der Waals surface area contributed by atoms with Crippen molar-refractivity contribution in [1.29, 1.82) is 0 Å². The van der Waals surface area contributed by atoms with Crippen LogP contribution in [0.2, 0.25) is 0 Å². The smallest absolute Gasteiger partial charge is 0.226 e. The Morgan fingerprint density at radius 3 is 2.16 bits per heavy atom. The van der Waals surface area contributed by atoms with E-state index in [1.165, 1.54) is 51.4 Å². The number of hydrogen-bond acceptors (Lipinski definition) is 2. The van der Waals surface area contributed by atoms with Crippen molar-refractivity contribution < 1.29 is 26.4 Å². The van der Waals surface area contributed by atoms with Crippen LogP contribution in [-0.4, -0.2) is 62.4 Å². The van der Waals surface area contributed by atoms with Crippen LogP contribution in [0.25, 0.3) is 0 Å². The normalized spacial score (nSPS) is 14.8. The van der Waals surface area contributed by atoms with Crippen molar-refractivity contribution in [2.24, 2.45) is 0 Å². The molecule has 1 amide bonds. The van der Waals surface area contributed by atoms with Crippen molar-refractivity contribution in [3.05, 3.63) is 0 Å². The summed E-state index contributed by atoms with van der Waals surface area (Å²) in [5.74, 6) is 0.326. The molecule has 25 heavy (non-hydrogen) atoms. The molecule has 0 bridgehead atoms. The van der Waals surface area contributed by atoms with E-state index in [4.69, 9.17) is 4.74 Å². The number of halogens is 1.